The van der Waals surface area contributed by atoms with Crippen LogP contribution < -0.4 is 10.2 Å². The lowest BCUT2D eigenvalue weighted by Gasteiger charge is -2.22. The number of amides is 1. The molecular formula is C14H18N2O3S. The molecular weight excluding hydrogens is 276 g/mol. The van der Waals surface area contributed by atoms with Crippen LogP contribution in [0.1, 0.15) is 19.3 Å². The summed E-state index contributed by atoms with van der Waals surface area (Å²) in [6.07, 6.45) is 2.10. The van der Waals surface area contributed by atoms with Gasteiger partial charge in [0.2, 0.25) is 5.91 Å². The van der Waals surface area contributed by atoms with Crippen molar-refractivity contribution in [3.05, 3.63) is 24.3 Å². The number of benzene rings is 1. The minimum absolute atomic E-state index is 0.0566. The first-order valence-corrected chi connectivity index (χ1v) is 8.74. The van der Waals surface area contributed by atoms with Gasteiger partial charge in [0.05, 0.1) is 22.9 Å². The highest BCUT2D eigenvalue weighted by Gasteiger charge is 2.29. The maximum atomic E-state index is 11.9. The van der Waals surface area contributed by atoms with E-state index in [-0.39, 0.29) is 23.5 Å². The largest absolute Gasteiger partial charge is 0.380 e. The summed E-state index contributed by atoms with van der Waals surface area (Å²) in [6, 6.07) is 7.56. The van der Waals surface area contributed by atoms with E-state index in [0.717, 1.165) is 24.3 Å². The van der Waals surface area contributed by atoms with E-state index < -0.39 is 9.84 Å². The standard InChI is InChI=1S/C14H18N2O3S/c17-14-6-3-8-16(14)13-5-2-1-4-12(13)15-11-7-9-20(18,19)10-11/h1-2,4-5,11,15H,3,6-10H2. The second kappa shape index (κ2) is 5.09. The van der Waals surface area contributed by atoms with Crippen molar-refractivity contribution in [1.82, 2.24) is 0 Å². The van der Waals surface area contributed by atoms with Crippen LogP contribution in [0, 0.1) is 0 Å². The number of nitrogens with one attached hydrogen (secondary N) is 1. The zero-order valence-electron chi connectivity index (χ0n) is 11.2. The molecule has 1 N–H and O–H groups in total. The highest BCUT2D eigenvalue weighted by Crippen LogP contribution is 2.30. The summed E-state index contributed by atoms with van der Waals surface area (Å²) in [5.41, 5.74) is 1.71. The molecule has 0 radical (unpaired) electrons. The third-order valence-corrected chi connectivity index (χ3v) is 5.63. The van der Waals surface area contributed by atoms with Crippen molar-refractivity contribution in [3.8, 4) is 0 Å². The molecule has 1 aromatic rings. The molecule has 3 rings (SSSR count). The fourth-order valence-corrected chi connectivity index (χ4v) is 4.54. The van der Waals surface area contributed by atoms with E-state index in [9.17, 15) is 13.2 Å². The Bertz CT molecular complexity index is 627. The summed E-state index contributed by atoms with van der Waals surface area (Å²) in [7, 11) is -2.90. The molecule has 0 spiro atoms. The summed E-state index contributed by atoms with van der Waals surface area (Å²) in [6.45, 7) is 0.737. The molecule has 2 heterocycles. The fraction of sp³-hybridized carbons (Fsp3) is 0.500. The molecule has 2 aliphatic rings. The lowest BCUT2D eigenvalue weighted by molar-refractivity contribution is -0.117. The molecule has 2 saturated heterocycles. The molecule has 1 aromatic carbocycles. The summed E-state index contributed by atoms with van der Waals surface area (Å²) in [5, 5.41) is 3.29. The molecule has 1 unspecified atom stereocenters. The van der Waals surface area contributed by atoms with Gasteiger partial charge in [0, 0.05) is 19.0 Å². The molecule has 0 aliphatic carbocycles. The van der Waals surface area contributed by atoms with Crippen LogP contribution in [0.3, 0.4) is 0 Å². The van der Waals surface area contributed by atoms with E-state index in [1.807, 2.05) is 24.3 Å². The first kappa shape index (κ1) is 13.4. The average molecular weight is 294 g/mol. The Balaban J connectivity index is 1.82. The maximum Gasteiger partial charge on any atom is 0.227 e. The number of carbonyl (C=O) groups is 1. The van der Waals surface area contributed by atoms with Crippen LogP contribution in [-0.4, -0.2) is 38.4 Å². The van der Waals surface area contributed by atoms with E-state index in [4.69, 9.17) is 0 Å². The summed E-state index contributed by atoms with van der Waals surface area (Å²) < 4.78 is 23.0. The summed E-state index contributed by atoms with van der Waals surface area (Å²) in [4.78, 5) is 13.7. The predicted molar refractivity (Wildman–Crippen MR) is 78.7 cm³/mol. The van der Waals surface area contributed by atoms with Crippen LogP contribution in [0.2, 0.25) is 0 Å². The van der Waals surface area contributed by atoms with Crippen LogP contribution in [0.5, 0.6) is 0 Å². The highest BCUT2D eigenvalue weighted by atomic mass is 32.2. The van der Waals surface area contributed by atoms with E-state index in [1.165, 1.54) is 0 Å². The molecule has 2 fully saturated rings. The van der Waals surface area contributed by atoms with Crippen molar-refractivity contribution in [2.24, 2.45) is 0 Å². The number of hydrogen-bond donors (Lipinski definition) is 1. The van der Waals surface area contributed by atoms with Crippen molar-refractivity contribution < 1.29 is 13.2 Å². The second-order valence-electron chi connectivity index (χ2n) is 5.41. The number of anilines is 2. The third-order valence-electron chi connectivity index (χ3n) is 3.86. The Labute approximate surface area is 118 Å². The van der Waals surface area contributed by atoms with E-state index in [0.29, 0.717) is 12.8 Å². The molecule has 6 heteroatoms. The van der Waals surface area contributed by atoms with Crippen molar-refractivity contribution in [2.75, 3.05) is 28.3 Å². The Kier molecular flexibility index (Phi) is 3.41. The lowest BCUT2D eigenvalue weighted by Crippen LogP contribution is -2.27. The first-order chi connectivity index (χ1) is 9.55. The molecule has 0 bridgehead atoms. The van der Waals surface area contributed by atoms with Crippen molar-refractivity contribution in [2.45, 2.75) is 25.3 Å². The minimum atomic E-state index is -2.90. The zero-order chi connectivity index (χ0) is 14.2. The third kappa shape index (κ3) is 2.65. The lowest BCUT2D eigenvalue weighted by atomic mass is 10.2. The number of hydrogen-bond acceptors (Lipinski definition) is 4. The van der Waals surface area contributed by atoms with E-state index in [2.05, 4.69) is 5.32 Å². The fourth-order valence-electron chi connectivity index (χ4n) is 2.86. The monoisotopic (exact) mass is 294 g/mol. The predicted octanol–water partition coefficient (Wildman–Crippen LogP) is 1.41. The van der Waals surface area contributed by atoms with Crippen LogP contribution >= 0.6 is 0 Å². The highest BCUT2D eigenvalue weighted by molar-refractivity contribution is 7.91. The van der Waals surface area contributed by atoms with E-state index >= 15 is 0 Å². The minimum Gasteiger partial charge on any atom is -0.380 e. The molecule has 20 heavy (non-hydrogen) atoms. The van der Waals surface area contributed by atoms with Gasteiger partial charge in [0.25, 0.3) is 0 Å². The SMILES string of the molecule is O=C1CCCN1c1ccccc1NC1CCS(=O)(=O)C1. The summed E-state index contributed by atoms with van der Waals surface area (Å²) >= 11 is 0. The van der Waals surface area contributed by atoms with Gasteiger partial charge in [-0.2, -0.15) is 0 Å². The summed E-state index contributed by atoms with van der Waals surface area (Å²) in [5.74, 6) is 0.559. The van der Waals surface area contributed by atoms with Gasteiger partial charge < -0.3 is 10.2 Å². The maximum absolute atomic E-state index is 11.9. The van der Waals surface area contributed by atoms with Crippen LogP contribution in [0.25, 0.3) is 0 Å². The van der Waals surface area contributed by atoms with Crippen LogP contribution in [-0.2, 0) is 14.6 Å². The molecule has 5 nitrogen and oxygen atoms in total. The smallest absolute Gasteiger partial charge is 0.227 e. The Morgan fingerprint density at radius 1 is 1.25 bits per heavy atom. The quantitative estimate of drug-likeness (QED) is 0.915. The van der Waals surface area contributed by atoms with Crippen molar-refractivity contribution in [1.29, 1.82) is 0 Å². The van der Waals surface area contributed by atoms with E-state index in [1.54, 1.807) is 4.90 Å². The van der Waals surface area contributed by atoms with Crippen molar-refractivity contribution in [3.63, 3.8) is 0 Å². The second-order valence-corrected chi connectivity index (χ2v) is 7.64. The average Bonchev–Trinajstić information content (AvgIpc) is 2.96. The number of rotatable bonds is 3. The zero-order valence-corrected chi connectivity index (χ0v) is 12.0. The molecule has 108 valence electrons. The van der Waals surface area contributed by atoms with Gasteiger partial charge in [-0.25, -0.2) is 8.42 Å². The number of carbonyl (C=O) groups excluding carboxylic acids is 1. The normalized spacial score (nSPS) is 25.1. The Hall–Kier alpha value is -1.56. The topological polar surface area (TPSA) is 66.5 Å². The molecule has 0 saturated carbocycles. The van der Waals surface area contributed by atoms with Gasteiger partial charge >= 0.3 is 0 Å². The Morgan fingerprint density at radius 3 is 2.70 bits per heavy atom. The number of para-hydroxylation sites is 2. The van der Waals surface area contributed by atoms with Gasteiger partial charge in [0.15, 0.2) is 9.84 Å². The number of nitrogens with zero attached hydrogens (tertiary/aromatic N) is 1. The number of sulfone groups is 1. The molecule has 1 atom stereocenters. The van der Waals surface area contributed by atoms with Gasteiger partial charge in [-0.05, 0) is 25.0 Å². The molecule has 0 aromatic heterocycles. The Morgan fingerprint density at radius 2 is 2.05 bits per heavy atom. The molecule has 1 amide bonds. The van der Waals surface area contributed by atoms with Gasteiger partial charge in [-0.3, -0.25) is 4.79 Å². The van der Waals surface area contributed by atoms with Gasteiger partial charge in [-0.15, -0.1) is 0 Å². The molecule has 2 aliphatic heterocycles. The first-order valence-electron chi connectivity index (χ1n) is 6.91. The van der Waals surface area contributed by atoms with Crippen LogP contribution in [0.4, 0.5) is 11.4 Å². The van der Waals surface area contributed by atoms with Gasteiger partial charge in [0.1, 0.15) is 0 Å². The van der Waals surface area contributed by atoms with Crippen molar-refractivity contribution >= 4 is 27.1 Å². The van der Waals surface area contributed by atoms with Crippen LogP contribution in [0.15, 0.2) is 24.3 Å². The van der Waals surface area contributed by atoms with Gasteiger partial charge in [-0.1, -0.05) is 12.1 Å².